The highest BCUT2D eigenvalue weighted by atomic mass is 32.1. The van der Waals surface area contributed by atoms with Crippen LogP contribution in [0.5, 0.6) is 0 Å². The van der Waals surface area contributed by atoms with Gasteiger partial charge in [-0.25, -0.2) is 0 Å². The highest BCUT2D eigenvalue weighted by Gasteiger charge is 2.20. The first-order valence-corrected chi connectivity index (χ1v) is 5.54. The molecule has 0 aromatic carbocycles. The monoisotopic (exact) mass is 243 g/mol. The van der Waals surface area contributed by atoms with Crippen LogP contribution in [0, 0.1) is 4.77 Å². The zero-order valence-corrected chi connectivity index (χ0v) is 10.5. The summed E-state index contributed by atoms with van der Waals surface area (Å²) in [5.41, 5.74) is 0.883. The molecule has 0 fully saturated rings. The van der Waals surface area contributed by atoms with Crippen LogP contribution in [0.4, 0.5) is 0 Å². The van der Waals surface area contributed by atoms with Crippen molar-refractivity contribution in [2.75, 3.05) is 7.11 Å². The quantitative estimate of drug-likeness (QED) is 0.536. The molecule has 1 aromatic rings. The lowest BCUT2D eigenvalue weighted by Gasteiger charge is -2.18. The summed E-state index contributed by atoms with van der Waals surface area (Å²) in [6, 6.07) is -0.141. The third-order valence-electron chi connectivity index (χ3n) is 2.10. The van der Waals surface area contributed by atoms with Crippen LogP contribution in [0.2, 0.25) is 0 Å². The standard InChI is InChI=1S/C10H17N3O2S/c1-6(2)12-8(9(14)15-3)4-7-5-11-10(16)13-7/h5-6,8,12H,4H2,1-3H3,(H2,11,13,16)/t8-/m0/s1. The number of nitrogens with one attached hydrogen (secondary N) is 3. The van der Waals surface area contributed by atoms with Gasteiger partial charge in [0, 0.05) is 24.4 Å². The molecule has 3 N–H and O–H groups in total. The van der Waals surface area contributed by atoms with Crippen molar-refractivity contribution in [1.29, 1.82) is 0 Å². The van der Waals surface area contributed by atoms with Gasteiger partial charge in [-0.3, -0.25) is 4.79 Å². The highest BCUT2D eigenvalue weighted by Crippen LogP contribution is 2.02. The van der Waals surface area contributed by atoms with Crippen molar-refractivity contribution < 1.29 is 9.53 Å². The fraction of sp³-hybridized carbons (Fsp3) is 0.600. The molecule has 1 rings (SSSR count). The average Bonchev–Trinajstić information content (AvgIpc) is 2.61. The number of aromatic amines is 2. The van der Waals surface area contributed by atoms with Crippen LogP contribution >= 0.6 is 12.2 Å². The van der Waals surface area contributed by atoms with Crippen LogP contribution in [0.1, 0.15) is 19.5 Å². The molecule has 0 aliphatic rings. The van der Waals surface area contributed by atoms with Crippen molar-refractivity contribution in [2.24, 2.45) is 0 Å². The number of esters is 1. The van der Waals surface area contributed by atoms with Gasteiger partial charge in [0.05, 0.1) is 7.11 Å². The largest absolute Gasteiger partial charge is 0.468 e. The molecule has 0 radical (unpaired) electrons. The Morgan fingerprint density at radius 3 is 2.75 bits per heavy atom. The lowest BCUT2D eigenvalue weighted by atomic mass is 10.1. The maximum absolute atomic E-state index is 11.5. The molecule has 0 spiro atoms. The van der Waals surface area contributed by atoms with Crippen molar-refractivity contribution in [3.63, 3.8) is 0 Å². The van der Waals surface area contributed by atoms with E-state index in [9.17, 15) is 4.79 Å². The lowest BCUT2D eigenvalue weighted by Crippen LogP contribution is -2.43. The Balaban J connectivity index is 2.70. The molecule has 1 heterocycles. The molecule has 0 saturated heterocycles. The normalized spacial score (nSPS) is 12.8. The minimum atomic E-state index is -0.355. The van der Waals surface area contributed by atoms with Crippen LogP contribution in [0.15, 0.2) is 6.20 Å². The summed E-state index contributed by atoms with van der Waals surface area (Å²) in [5.74, 6) is -0.269. The Bertz CT molecular complexity index is 397. The van der Waals surface area contributed by atoms with Crippen LogP contribution in [-0.2, 0) is 16.0 Å². The van der Waals surface area contributed by atoms with Crippen molar-refractivity contribution >= 4 is 18.2 Å². The Labute approximate surface area is 99.6 Å². The molecular formula is C10H17N3O2S. The van der Waals surface area contributed by atoms with Crippen molar-refractivity contribution in [3.05, 3.63) is 16.7 Å². The molecule has 0 aliphatic heterocycles. The minimum Gasteiger partial charge on any atom is -0.468 e. The fourth-order valence-corrected chi connectivity index (χ4v) is 1.65. The van der Waals surface area contributed by atoms with E-state index in [-0.39, 0.29) is 18.1 Å². The summed E-state index contributed by atoms with van der Waals surface area (Å²) in [4.78, 5) is 17.4. The number of rotatable bonds is 5. The number of aromatic nitrogens is 2. The molecule has 6 heteroatoms. The molecule has 0 aliphatic carbocycles. The molecule has 5 nitrogen and oxygen atoms in total. The van der Waals surface area contributed by atoms with E-state index in [1.54, 1.807) is 6.20 Å². The third-order valence-corrected chi connectivity index (χ3v) is 2.32. The Hall–Kier alpha value is -1.14. The second kappa shape index (κ2) is 5.81. The van der Waals surface area contributed by atoms with E-state index in [0.29, 0.717) is 11.2 Å². The average molecular weight is 243 g/mol. The van der Waals surface area contributed by atoms with Crippen LogP contribution in [0.3, 0.4) is 0 Å². The van der Waals surface area contributed by atoms with Gasteiger partial charge in [0.25, 0.3) is 0 Å². The van der Waals surface area contributed by atoms with E-state index in [1.165, 1.54) is 7.11 Å². The number of H-pyrrole nitrogens is 2. The number of ether oxygens (including phenoxy) is 1. The van der Waals surface area contributed by atoms with E-state index >= 15 is 0 Å². The predicted octanol–water partition coefficient (Wildman–Crippen LogP) is 1.15. The van der Waals surface area contributed by atoms with Gasteiger partial charge in [-0.1, -0.05) is 13.8 Å². The summed E-state index contributed by atoms with van der Waals surface area (Å²) in [7, 11) is 1.39. The van der Waals surface area contributed by atoms with Crippen molar-refractivity contribution in [1.82, 2.24) is 15.3 Å². The van der Waals surface area contributed by atoms with Gasteiger partial charge in [0.1, 0.15) is 6.04 Å². The van der Waals surface area contributed by atoms with Gasteiger partial charge in [-0.2, -0.15) is 0 Å². The van der Waals surface area contributed by atoms with Gasteiger partial charge >= 0.3 is 5.97 Å². The Morgan fingerprint density at radius 2 is 2.31 bits per heavy atom. The van der Waals surface area contributed by atoms with E-state index in [0.717, 1.165) is 5.69 Å². The number of carbonyl (C=O) groups is 1. The van der Waals surface area contributed by atoms with Gasteiger partial charge < -0.3 is 20.0 Å². The maximum Gasteiger partial charge on any atom is 0.323 e. The summed E-state index contributed by atoms with van der Waals surface area (Å²) in [6.07, 6.45) is 2.29. The van der Waals surface area contributed by atoms with Gasteiger partial charge in [0.15, 0.2) is 4.77 Å². The zero-order chi connectivity index (χ0) is 12.1. The summed E-state index contributed by atoms with van der Waals surface area (Å²) in [6.45, 7) is 3.96. The predicted molar refractivity (Wildman–Crippen MR) is 63.8 cm³/mol. The number of hydrogen-bond donors (Lipinski definition) is 3. The van der Waals surface area contributed by atoms with Crippen LogP contribution < -0.4 is 5.32 Å². The Kier molecular flexibility index (Phi) is 4.70. The topological polar surface area (TPSA) is 69.9 Å². The minimum absolute atomic E-state index is 0.214. The number of hydrogen-bond acceptors (Lipinski definition) is 4. The molecule has 16 heavy (non-hydrogen) atoms. The van der Waals surface area contributed by atoms with Crippen molar-refractivity contribution in [3.8, 4) is 0 Å². The molecule has 1 aromatic heterocycles. The summed E-state index contributed by atoms with van der Waals surface area (Å²) in [5, 5.41) is 3.15. The van der Waals surface area contributed by atoms with Crippen LogP contribution in [-0.4, -0.2) is 35.1 Å². The second-order valence-electron chi connectivity index (χ2n) is 3.87. The molecule has 0 amide bonds. The smallest absolute Gasteiger partial charge is 0.323 e. The molecule has 90 valence electrons. The SMILES string of the molecule is COC(=O)[C@H](Cc1c[nH]c(=S)[nH]1)NC(C)C. The van der Waals surface area contributed by atoms with Gasteiger partial charge in [-0.15, -0.1) is 0 Å². The lowest BCUT2D eigenvalue weighted by molar-refractivity contribution is -0.143. The van der Waals surface area contributed by atoms with Gasteiger partial charge in [0.2, 0.25) is 0 Å². The molecule has 0 unspecified atom stereocenters. The molecular weight excluding hydrogens is 226 g/mol. The second-order valence-corrected chi connectivity index (χ2v) is 4.28. The van der Waals surface area contributed by atoms with E-state index < -0.39 is 0 Å². The number of carbonyl (C=O) groups excluding carboxylic acids is 1. The summed E-state index contributed by atoms with van der Waals surface area (Å²) < 4.78 is 5.30. The van der Waals surface area contributed by atoms with Crippen LogP contribution in [0.25, 0.3) is 0 Å². The fourth-order valence-electron chi connectivity index (χ4n) is 1.46. The number of imidazole rings is 1. The molecule has 0 bridgehead atoms. The maximum atomic E-state index is 11.5. The third kappa shape index (κ3) is 3.79. The Morgan fingerprint density at radius 1 is 1.62 bits per heavy atom. The first kappa shape index (κ1) is 12.9. The van der Waals surface area contributed by atoms with E-state index in [1.807, 2.05) is 13.8 Å². The first-order valence-electron chi connectivity index (χ1n) is 5.13. The molecule has 0 saturated carbocycles. The van der Waals surface area contributed by atoms with Crippen molar-refractivity contribution in [2.45, 2.75) is 32.4 Å². The molecule has 1 atom stereocenters. The number of methoxy groups -OCH3 is 1. The van der Waals surface area contributed by atoms with E-state index in [4.69, 9.17) is 17.0 Å². The first-order chi connectivity index (χ1) is 7.52. The highest BCUT2D eigenvalue weighted by molar-refractivity contribution is 7.71. The van der Waals surface area contributed by atoms with Gasteiger partial charge in [-0.05, 0) is 12.2 Å². The zero-order valence-electron chi connectivity index (χ0n) is 9.66. The van der Waals surface area contributed by atoms with E-state index in [2.05, 4.69) is 15.3 Å². The summed E-state index contributed by atoms with van der Waals surface area (Å²) >= 11 is 4.92.